The Balaban J connectivity index is 1.70. The van der Waals surface area contributed by atoms with E-state index in [9.17, 15) is 41.0 Å². The predicted octanol–water partition coefficient (Wildman–Crippen LogP) is 6.79. The number of carbonyl (C=O) groups excluding carboxylic acids is 2. The third kappa shape index (κ3) is 5.99. The van der Waals surface area contributed by atoms with Crippen molar-refractivity contribution in [2.45, 2.75) is 12.7 Å². The minimum atomic E-state index is -4.70. The van der Waals surface area contributed by atoms with Gasteiger partial charge in [-0.25, -0.2) is 18.2 Å². The minimum absolute atomic E-state index is 0.270. The normalized spacial score (nSPS) is 11.4. The van der Waals surface area contributed by atoms with Gasteiger partial charge in [-0.1, -0.05) is 47.2 Å². The van der Waals surface area contributed by atoms with Gasteiger partial charge in [-0.2, -0.15) is 13.2 Å². The summed E-state index contributed by atoms with van der Waals surface area (Å²) in [4.78, 5) is 29.7. The highest BCUT2D eigenvalue weighted by Gasteiger charge is 2.33. The Morgan fingerprint density at radius 3 is 2.26 bits per heavy atom. The third-order valence-corrected chi connectivity index (χ3v) is 6.56. The SMILES string of the molecule is O=C(Nc1sc(-c2c(F)cccc2F)nc1C(=O)NCc1ccccc1C(F)(F)F)c1cc(F)c(O)c(Cl)c1. The molecule has 0 aliphatic rings. The molecule has 3 aromatic carbocycles. The van der Waals surface area contributed by atoms with Crippen molar-refractivity contribution in [3.63, 3.8) is 0 Å². The summed E-state index contributed by atoms with van der Waals surface area (Å²) >= 11 is 6.20. The summed E-state index contributed by atoms with van der Waals surface area (Å²) < 4.78 is 82.7. The van der Waals surface area contributed by atoms with Gasteiger partial charge in [0.2, 0.25) is 0 Å². The number of halogens is 7. The van der Waals surface area contributed by atoms with Gasteiger partial charge in [-0.3, -0.25) is 9.59 Å². The lowest BCUT2D eigenvalue weighted by atomic mass is 10.1. The number of nitrogens with one attached hydrogen (secondary N) is 2. The number of aromatic nitrogens is 1. The molecule has 0 radical (unpaired) electrons. The molecular formula is C25H14ClF6N3O3S. The average molecular weight is 586 g/mol. The Labute approximate surface area is 224 Å². The molecule has 0 aliphatic heterocycles. The van der Waals surface area contributed by atoms with Gasteiger partial charge in [-0.05, 0) is 35.9 Å². The van der Waals surface area contributed by atoms with Crippen LogP contribution in [0.5, 0.6) is 5.75 Å². The van der Waals surface area contributed by atoms with E-state index in [4.69, 9.17) is 11.6 Å². The second-order valence-electron chi connectivity index (χ2n) is 7.87. The van der Waals surface area contributed by atoms with Crippen LogP contribution in [0.25, 0.3) is 10.6 Å². The van der Waals surface area contributed by atoms with Gasteiger partial charge in [0.15, 0.2) is 17.3 Å². The van der Waals surface area contributed by atoms with Gasteiger partial charge in [0, 0.05) is 12.1 Å². The number of amides is 2. The number of alkyl halides is 3. The zero-order chi connectivity index (χ0) is 28.5. The second kappa shape index (κ2) is 10.9. The summed E-state index contributed by atoms with van der Waals surface area (Å²) in [6.07, 6.45) is -4.70. The molecule has 4 aromatic rings. The first-order chi connectivity index (χ1) is 18.4. The van der Waals surface area contributed by atoms with Crippen LogP contribution in [-0.2, 0) is 12.7 Å². The molecule has 1 aromatic heterocycles. The number of anilines is 1. The highest BCUT2D eigenvalue weighted by Crippen LogP contribution is 2.36. The molecule has 14 heteroatoms. The number of rotatable bonds is 6. The highest BCUT2D eigenvalue weighted by atomic mass is 35.5. The number of nitrogens with zero attached hydrogens (tertiary/aromatic N) is 1. The number of carbonyl (C=O) groups is 2. The smallest absolute Gasteiger partial charge is 0.416 e. The van der Waals surface area contributed by atoms with E-state index in [0.717, 1.165) is 36.4 Å². The van der Waals surface area contributed by atoms with Crippen molar-refractivity contribution in [2.24, 2.45) is 0 Å². The number of thiazole rings is 1. The van der Waals surface area contributed by atoms with Crippen LogP contribution in [0.3, 0.4) is 0 Å². The van der Waals surface area contributed by atoms with Crippen molar-refractivity contribution in [3.05, 3.63) is 99.5 Å². The van der Waals surface area contributed by atoms with E-state index in [-0.39, 0.29) is 21.1 Å². The van der Waals surface area contributed by atoms with Crippen LogP contribution in [0.15, 0.2) is 54.6 Å². The fourth-order valence-corrected chi connectivity index (χ4v) is 4.66. The zero-order valence-electron chi connectivity index (χ0n) is 19.2. The van der Waals surface area contributed by atoms with Crippen molar-refractivity contribution in [1.82, 2.24) is 10.3 Å². The first kappa shape index (κ1) is 27.9. The van der Waals surface area contributed by atoms with Gasteiger partial charge in [0.05, 0.1) is 16.1 Å². The highest BCUT2D eigenvalue weighted by molar-refractivity contribution is 7.19. The maximum Gasteiger partial charge on any atom is 0.416 e. The lowest BCUT2D eigenvalue weighted by molar-refractivity contribution is -0.138. The van der Waals surface area contributed by atoms with E-state index < -0.39 is 69.6 Å². The topological polar surface area (TPSA) is 91.3 Å². The Bertz CT molecular complexity index is 1550. The summed E-state index contributed by atoms with van der Waals surface area (Å²) in [5.41, 5.74) is -2.82. The van der Waals surface area contributed by atoms with Crippen molar-refractivity contribution in [2.75, 3.05) is 5.32 Å². The third-order valence-electron chi connectivity index (χ3n) is 5.29. The van der Waals surface area contributed by atoms with Crippen LogP contribution in [0.1, 0.15) is 32.0 Å². The molecule has 1 heterocycles. The Hall–Kier alpha value is -4.10. The number of aromatic hydroxyl groups is 1. The van der Waals surface area contributed by atoms with Crippen molar-refractivity contribution < 1.29 is 41.0 Å². The van der Waals surface area contributed by atoms with Crippen LogP contribution < -0.4 is 10.6 Å². The van der Waals surface area contributed by atoms with Crippen LogP contribution in [-0.4, -0.2) is 21.9 Å². The van der Waals surface area contributed by atoms with Crippen LogP contribution in [0.4, 0.5) is 31.3 Å². The number of hydrogen-bond acceptors (Lipinski definition) is 5. The van der Waals surface area contributed by atoms with Crippen LogP contribution >= 0.6 is 22.9 Å². The number of phenolic OH excluding ortho intramolecular Hbond substituents is 1. The molecule has 0 fully saturated rings. The van der Waals surface area contributed by atoms with Crippen molar-refractivity contribution >= 4 is 39.8 Å². The minimum Gasteiger partial charge on any atom is -0.504 e. The molecule has 39 heavy (non-hydrogen) atoms. The van der Waals surface area contributed by atoms with E-state index in [2.05, 4.69) is 15.6 Å². The van der Waals surface area contributed by atoms with E-state index >= 15 is 0 Å². The largest absolute Gasteiger partial charge is 0.504 e. The Kier molecular flexibility index (Phi) is 7.84. The molecule has 0 spiro atoms. The first-order valence-corrected chi connectivity index (χ1v) is 11.9. The molecule has 3 N–H and O–H groups in total. The molecule has 6 nitrogen and oxygen atoms in total. The maximum atomic E-state index is 14.4. The van der Waals surface area contributed by atoms with Crippen molar-refractivity contribution in [1.29, 1.82) is 0 Å². The average Bonchev–Trinajstić information content (AvgIpc) is 3.28. The number of hydrogen-bond donors (Lipinski definition) is 3. The fraction of sp³-hybridized carbons (Fsp3) is 0.0800. The molecule has 0 saturated heterocycles. The summed E-state index contributed by atoms with van der Waals surface area (Å²) in [6, 6.07) is 9.05. The summed E-state index contributed by atoms with van der Waals surface area (Å²) in [7, 11) is 0. The van der Waals surface area contributed by atoms with Gasteiger partial charge in [0.25, 0.3) is 11.8 Å². The van der Waals surface area contributed by atoms with E-state index in [1.54, 1.807) is 0 Å². The fourth-order valence-electron chi connectivity index (χ4n) is 3.45. The molecule has 0 aliphatic carbocycles. The van der Waals surface area contributed by atoms with Crippen LogP contribution in [0.2, 0.25) is 5.02 Å². The standard InChI is InChI=1S/C25H14ClF6N3O3S/c26-14-8-12(9-17(29)20(14)36)21(37)35-24-19(34-23(39-24)18-15(27)6-3-7-16(18)28)22(38)33-10-11-4-1-2-5-13(11)25(30,31)32/h1-9,36H,10H2,(H,33,38)(H,35,37). The predicted molar refractivity (Wildman–Crippen MR) is 131 cm³/mol. The molecule has 4 rings (SSSR count). The van der Waals surface area contributed by atoms with Crippen LogP contribution in [0, 0.1) is 17.5 Å². The molecule has 2 amide bonds. The molecule has 0 unspecified atom stereocenters. The van der Waals surface area contributed by atoms with Gasteiger partial charge in [-0.15, -0.1) is 0 Å². The van der Waals surface area contributed by atoms with Crippen molar-refractivity contribution in [3.8, 4) is 16.3 Å². The molecule has 0 saturated carbocycles. The molecule has 202 valence electrons. The summed E-state index contributed by atoms with van der Waals surface area (Å²) in [6.45, 7) is -0.596. The second-order valence-corrected chi connectivity index (χ2v) is 9.28. The van der Waals surface area contributed by atoms with Gasteiger partial charge < -0.3 is 15.7 Å². The molecular weight excluding hydrogens is 572 g/mol. The first-order valence-electron chi connectivity index (χ1n) is 10.7. The number of phenols is 1. The number of benzene rings is 3. The van der Waals surface area contributed by atoms with Gasteiger partial charge >= 0.3 is 6.18 Å². The quantitative estimate of drug-likeness (QED) is 0.217. The van der Waals surface area contributed by atoms with E-state index in [1.165, 1.54) is 12.1 Å². The Morgan fingerprint density at radius 2 is 1.62 bits per heavy atom. The van der Waals surface area contributed by atoms with E-state index in [0.29, 0.717) is 17.4 Å². The molecule has 0 atom stereocenters. The Morgan fingerprint density at radius 1 is 0.949 bits per heavy atom. The summed E-state index contributed by atoms with van der Waals surface area (Å²) in [5.74, 6) is -6.28. The lowest BCUT2D eigenvalue weighted by Crippen LogP contribution is -2.26. The monoisotopic (exact) mass is 585 g/mol. The maximum absolute atomic E-state index is 14.4. The zero-order valence-corrected chi connectivity index (χ0v) is 20.7. The molecule has 0 bridgehead atoms. The summed E-state index contributed by atoms with van der Waals surface area (Å²) in [5, 5.41) is 12.8. The van der Waals surface area contributed by atoms with Gasteiger partial charge in [0.1, 0.15) is 21.6 Å². The lowest BCUT2D eigenvalue weighted by Gasteiger charge is -2.13. The van der Waals surface area contributed by atoms with E-state index in [1.807, 2.05) is 0 Å².